The lowest BCUT2D eigenvalue weighted by Gasteiger charge is -2.39. The van der Waals surface area contributed by atoms with Gasteiger partial charge in [0.25, 0.3) is 0 Å². The topological polar surface area (TPSA) is 68.3 Å². The number of nitrogens with one attached hydrogen (secondary N) is 1. The first-order chi connectivity index (χ1) is 11.7. The van der Waals surface area contributed by atoms with E-state index in [4.69, 9.17) is 4.74 Å². The summed E-state index contributed by atoms with van der Waals surface area (Å²) in [7, 11) is 1.36. The summed E-state index contributed by atoms with van der Waals surface area (Å²) >= 11 is 0. The molecule has 0 radical (unpaired) electrons. The molecule has 0 fully saturated rings. The van der Waals surface area contributed by atoms with E-state index in [9.17, 15) is 9.59 Å². The van der Waals surface area contributed by atoms with Crippen molar-refractivity contribution in [3.63, 3.8) is 0 Å². The van der Waals surface area contributed by atoms with Gasteiger partial charge in [-0.25, -0.2) is 4.79 Å². The molecule has 132 valence electrons. The number of carbonyl (C=O) groups excluding carboxylic acids is 2. The van der Waals surface area contributed by atoms with Crippen molar-refractivity contribution >= 4 is 11.8 Å². The first-order valence-electron chi connectivity index (χ1n) is 8.49. The van der Waals surface area contributed by atoms with Gasteiger partial charge in [-0.15, -0.1) is 0 Å². The highest BCUT2D eigenvalue weighted by molar-refractivity contribution is 6.04. The molecule has 0 aromatic carbocycles. The molecule has 1 aliphatic heterocycles. The fourth-order valence-corrected chi connectivity index (χ4v) is 3.89. The fraction of sp³-hybridized carbons (Fsp3) is 0.450. The zero-order chi connectivity index (χ0) is 18.4. The molecule has 0 saturated heterocycles. The molecule has 25 heavy (non-hydrogen) atoms. The highest BCUT2D eigenvalue weighted by atomic mass is 16.5. The summed E-state index contributed by atoms with van der Waals surface area (Å²) in [5, 5.41) is 3.30. The highest BCUT2D eigenvalue weighted by Crippen LogP contribution is 2.46. The zero-order valence-corrected chi connectivity index (χ0v) is 15.4. The Bertz CT molecular complexity index is 818. The number of carbonyl (C=O) groups is 2. The van der Waals surface area contributed by atoms with Crippen LogP contribution in [0.3, 0.4) is 0 Å². The number of aryl methyl sites for hydroxylation is 1. The molecular formula is C20H24N2O3. The molecule has 5 nitrogen and oxygen atoms in total. The molecule has 0 saturated carbocycles. The van der Waals surface area contributed by atoms with Crippen molar-refractivity contribution in [3.8, 4) is 0 Å². The monoisotopic (exact) mass is 340 g/mol. The van der Waals surface area contributed by atoms with Gasteiger partial charge in [0.2, 0.25) is 0 Å². The Morgan fingerprint density at radius 1 is 1.32 bits per heavy atom. The Labute approximate surface area is 148 Å². The molecule has 0 amide bonds. The van der Waals surface area contributed by atoms with Gasteiger partial charge in [0.05, 0.1) is 24.3 Å². The number of pyridine rings is 1. The summed E-state index contributed by atoms with van der Waals surface area (Å²) in [6.07, 6.45) is 2.93. The van der Waals surface area contributed by atoms with Crippen molar-refractivity contribution in [2.24, 2.45) is 5.41 Å². The van der Waals surface area contributed by atoms with Crippen LogP contribution in [0, 0.1) is 12.3 Å². The highest BCUT2D eigenvalue weighted by Gasteiger charge is 2.43. The lowest BCUT2D eigenvalue weighted by Crippen LogP contribution is -2.39. The van der Waals surface area contributed by atoms with E-state index in [1.165, 1.54) is 7.11 Å². The van der Waals surface area contributed by atoms with E-state index in [2.05, 4.69) is 24.1 Å². The van der Waals surface area contributed by atoms with E-state index < -0.39 is 11.9 Å². The molecule has 1 aromatic heterocycles. The van der Waals surface area contributed by atoms with Gasteiger partial charge in [0.15, 0.2) is 5.78 Å². The number of ketones is 1. The number of dihydropyridines is 1. The van der Waals surface area contributed by atoms with E-state index >= 15 is 0 Å². The zero-order valence-electron chi connectivity index (χ0n) is 15.4. The van der Waals surface area contributed by atoms with Gasteiger partial charge < -0.3 is 10.1 Å². The number of rotatable bonds is 2. The summed E-state index contributed by atoms with van der Waals surface area (Å²) < 4.78 is 5.01. The van der Waals surface area contributed by atoms with Gasteiger partial charge in [-0.1, -0.05) is 19.9 Å². The third kappa shape index (κ3) is 2.99. The molecule has 0 unspecified atom stereocenters. The van der Waals surface area contributed by atoms with Crippen LogP contribution in [0.2, 0.25) is 0 Å². The first-order valence-corrected chi connectivity index (χ1v) is 8.49. The molecule has 5 heteroatoms. The second kappa shape index (κ2) is 6.14. The molecule has 1 aromatic rings. The van der Waals surface area contributed by atoms with Crippen LogP contribution in [0.4, 0.5) is 0 Å². The van der Waals surface area contributed by atoms with Gasteiger partial charge in [-0.3, -0.25) is 9.78 Å². The predicted octanol–water partition coefficient (Wildman–Crippen LogP) is 3.17. The van der Waals surface area contributed by atoms with Crippen molar-refractivity contribution < 1.29 is 14.3 Å². The molecule has 3 rings (SSSR count). The number of ether oxygens (including phenoxy) is 1. The minimum atomic E-state index is -0.478. The van der Waals surface area contributed by atoms with E-state index in [-0.39, 0.29) is 11.2 Å². The van der Waals surface area contributed by atoms with Crippen molar-refractivity contribution in [3.05, 3.63) is 52.1 Å². The average molecular weight is 340 g/mol. The van der Waals surface area contributed by atoms with Crippen LogP contribution >= 0.6 is 0 Å². The van der Waals surface area contributed by atoms with Crippen LogP contribution in [-0.2, 0) is 14.3 Å². The number of Topliss-reactive ketones (excluding diaryl/α,β-unsaturated/α-hetero) is 1. The van der Waals surface area contributed by atoms with E-state index in [0.717, 1.165) is 29.1 Å². The van der Waals surface area contributed by atoms with Crippen molar-refractivity contribution in [2.75, 3.05) is 7.11 Å². The normalized spacial score (nSPS) is 22.4. The quantitative estimate of drug-likeness (QED) is 0.838. The maximum absolute atomic E-state index is 13.0. The second-order valence-corrected chi connectivity index (χ2v) is 7.63. The summed E-state index contributed by atoms with van der Waals surface area (Å²) in [5.41, 5.74) is 4.35. The first kappa shape index (κ1) is 17.4. The van der Waals surface area contributed by atoms with Crippen molar-refractivity contribution in [1.29, 1.82) is 0 Å². The maximum Gasteiger partial charge on any atom is 0.336 e. The smallest absolute Gasteiger partial charge is 0.336 e. The Balaban J connectivity index is 2.24. The molecule has 2 heterocycles. The van der Waals surface area contributed by atoms with Gasteiger partial charge >= 0.3 is 5.97 Å². The molecule has 1 N–H and O–H groups in total. The number of aromatic nitrogens is 1. The van der Waals surface area contributed by atoms with Crippen LogP contribution in [0.15, 0.2) is 40.9 Å². The van der Waals surface area contributed by atoms with Crippen LogP contribution in [0.1, 0.15) is 50.8 Å². The van der Waals surface area contributed by atoms with Crippen LogP contribution in [0.25, 0.3) is 0 Å². The number of methoxy groups -OCH3 is 1. The van der Waals surface area contributed by atoms with Crippen molar-refractivity contribution in [2.45, 2.75) is 46.5 Å². The summed E-state index contributed by atoms with van der Waals surface area (Å²) in [5.74, 6) is -0.833. The Kier molecular flexibility index (Phi) is 4.27. The molecule has 2 aliphatic rings. The number of esters is 1. The minimum Gasteiger partial charge on any atom is -0.466 e. The lowest BCUT2D eigenvalue weighted by molar-refractivity contribution is -0.136. The second-order valence-electron chi connectivity index (χ2n) is 7.63. The number of hydrogen-bond acceptors (Lipinski definition) is 5. The largest absolute Gasteiger partial charge is 0.466 e. The molecular weight excluding hydrogens is 316 g/mol. The van der Waals surface area contributed by atoms with E-state index in [0.29, 0.717) is 17.6 Å². The van der Waals surface area contributed by atoms with Crippen LogP contribution < -0.4 is 5.32 Å². The summed E-state index contributed by atoms with van der Waals surface area (Å²) in [6, 6.07) is 3.81. The van der Waals surface area contributed by atoms with Gasteiger partial charge in [-0.05, 0) is 37.3 Å². The molecule has 1 atom stereocenters. The standard InChI is InChI=1S/C20H24N2O3/c1-11-7-6-8-21-18(11)17-15(19(24)25-5)12(2)22-13-9-20(3,4)10-14(23)16(13)17/h6-8,17,22H,9-10H2,1-5H3/t17-/m0/s1. The number of hydrogen-bond donors (Lipinski definition) is 1. The Morgan fingerprint density at radius 2 is 2.04 bits per heavy atom. The van der Waals surface area contributed by atoms with Crippen molar-refractivity contribution in [1.82, 2.24) is 10.3 Å². The summed E-state index contributed by atoms with van der Waals surface area (Å²) in [4.78, 5) is 30.0. The fourth-order valence-electron chi connectivity index (χ4n) is 3.89. The molecule has 0 bridgehead atoms. The average Bonchev–Trinajstić information content (AvgIpc) is 2.52. The molecule has 1 aliphatic carbocycles. The number of allylic oxidation sites excluding steroid dienone is 3. The Morgan fingerprint density at radius 3 is 2.68 bits per heavy atom. The third-order valence-corrected chi connectivity index (χ3v) is 4.97. The lowest BCUT2D eigenvalue weighted by atomic mass is 9.69. The maximum atomic E-state index is 13.0. The van der Waals surface area contributed by atoms with Crippen LogP contribution in [-0.4, -0.2) is 23.8 Å². The third-order valence-electron chi connectivity index (χ3n) is 4.97. The predicted molar refractivity (Wildman–Crippen MR) is 94.6 cm³/mol. The number of nitrogens with zero attached hydrogens (tertiary/aromatic N) is 1. The van der Waals surface area contributed by atoms with E-state index in [1.54, 1.807) is 6.20 Å². The van der Waals surface area contributed by atoms with Gasteiger partial charge in [-0.2, -0.15) is 0 Å². The Hall–Kier alpha value is -2.43. The SMILES string of the molecule is COC(=O)C1=C(C)NC2=C(C(=O)CC(C)(C)C2)[C@H]1c1ncccc1C. The molecule has 0 spiro atoms. The minimum absolute atomic E-state index is 0.0720. The van der Waals surface area contributed by atoms with Gasteiger partial charge in [0.1, 0.15) is 0 Å². The van der Waals surface area contributed by atoms with E-state index in [1.807, 2.05) is 26.0 Å². The summed E-state index contributed by atoms with van der Waals surface area (Å²) in [6.45, 7) is 7.98. The van der Waals surface area contributed by atoms with Crippen LogP contribution in [0.5, 0.6) is 0 Å². The van der Waals surface area contributed by atoms with Gasteiger partial charge in [0, 0.05) is 29.6 Å².